The van der Waals surface area contributed by atoms with Crippen molar-refractivity contribution < 1.29 is 9.90 Å². The number of nitrogens with one attached hydrogen (secondary N) is 1. The number of aromatic carboxylic acids is 1. The lowest BCUT2D eigenvalue weighted by atomic mass is 10.1. The fourth-order valence-electron chi connectivity index (χ4n) is 1.83. The van der Waals surface area contributed by atoms with Crippen LogP contribution in [0.25, 0.3) is 0 Å². The van der Waals surface area contributed by atoms with Crippen molar-refractivity contribution in [2.45, 2.75) is 13.0 Å². The zero-order valence-electron chi connectivity index (χ0n) is 10.4. The summed E-state index contributed by atoms with van der Waals surface area (Å²) in [5.74, 6) is -0.928. The van der Waals surface area contributed by atoms with Crippen LogP contribution in [0.5, 0.6) is 0 Å². The molecule has 98 valence electrons. The predicted molar refractivity (Wildman–Crippen MR) is 76.9 cm³/mol. The van der Waals surface area contributed by atoms with E-state index in [-0.39, 0.29) is 11.6 Å². The SMILES string of the molecule is CC(Nc1cccc(C(=O)O)c1)c1ccc(Cl)cc1. The number of carbonyl (C=O) groups is 1. The molecular formula is C15H14ClNO2. The summed E-state index contributed by atoms with van der Waals surface area (Å²) in [6.45, 7) is 2.01. The Labute approximate surface area is 116 Å². The van der Waals surface area contributed by atoms with Crippen molar-refractivity contribution in [1.82, 2.24) is 0 Å². The minimum atomic E-state index is -0.928. The Hall–Kier alpha value is -2.00. The first kappa shape index (κ1) is 13.4. The van der Waals surface area contributed by atoms with Crippen LogP contribution in [0.3, 0.4) is 0 Å². The zero-order valence-corrected chi connectivity index (χ0v) is 11.2. The molecule has 2 N–H and O–H groups in total. The van der Waals surface area contributed by atoms with Crippen LogP contribution in [0.15, 0.2) is 48.5 Å². The molecular weight excluding hydrogens is 262 g/mol. The lowest BCUT2D eigenvalue weighted by molar-refractivity contribution is 0.0697. The van der Waals surface area contributed by atoms with Gasteiger partial charge in [-0.05, 0) is 42.8 Å². The van der Waals surface area contributed by atoms with Gasteiger partial charge in [0.05, 0.1) is 5.56 Å². The summed E-state index contributed by atoms with van der Waals surface area (Å²) in [7, 11) is 0. The first-order valence-electron chi connectivity index (χ1n) is 5.91. The van der Waals surface area contributed by atoms with Crippen molar-refractivity contribution in [3.8, 4) is 0 Å². The van der Waals surface area contributed by atoms with Gasteiger partial charge in [-0.1, -0.05) is 29.8 Å². The van der Waals surface area contributed by atoms with E-state index in [2.05, 4.69) is 5.32 Å². The maximum absolute atomic E-state index is 10.9. The quantitative estimate of drug-likeness (QED) is 0.879. The average molecular weight is 276 g/mol. The van der Waals surface area contributed by atoms with Gasteiger partial charge in [0.1, 0.15) is 0 Å². The number of halogens is 1. The summed E-state index contributed by atoms with van der Waals surface area (Å²) < 4.78 is 0. The second-order valence-corrected chi connectivity index (χ2v) is 4.74. The Morgan fingerprint density at radius 1 is 1.21 bits per heavy atom. The third kappa shape index (κ3) is 3.48. The molecule has 0 saturated carbocycles. The minimum Gasteiger partial charge on any atom is -0.478 e. The Bertz CT molecular complexity index is 581. The molecule has 0 aliphatic heterocycles. The van der Waals surface area contributed by atoms with Crippen LogP contribution < -0.4 is 5.32 Å². The van der Waals surface area contributed by atoms with Gasteiger partial charge >= 0.3 is 5.97 Å². The van der Waals surface area contributed by atoms with Crippen molar-refractivity contribution in [3.63, 3.8) is 0 Å². The summed E-state index contributed by atoms with van der Waals surface area (Å²) in [5, 5.41) is 12.9. The number of hydrogen-bond donors (Lipinski definition) is 2. The molecule has 0 aliphatic carbocycles. The molecule has 0 amide bonds. The summed E-state index contributed by atoms with van der Waals surface area (Å²) >= 11 is 5.85. The number of carboxylic acids is 1. The van der Waals surface area contributed by atoms with Crippen LogP contribution in [0.4, 0.5) is 5.69 Å². The third-order valence-electron chi connectivity index (χ3n) is 2.86. The number of carboxylic acid groups (broad SMARTS) is 1. The number of benzene rings is 2. The van der Waals surface area contributed by atoms with Gasteiger partial charge in [0.15, 0.2) is 0 Å². The highest BCUT2D eigenvalue weighted by molar-refractivity contribution is 6.30. The number of hydrogen-bond acceptors (Lipinski definition) is 2. The Balaban J connectivity index is 2.14. The largest absolute Gasteiger partial charge is 0.478 e. The maximum Gasteiger partial charge on any atom is 0.335 e. The standard InChI is InChI=1S/C15H14ClNO2/c1-10(11-5-7-13(16)8-6-11)17-14-4-2-3-12(9-14)15(18)19/h2-10,17H,1H3,(H,18,19). The fraction of sp³-hybridized carbons (Fsp3) is 0.133. The van der Waals surface area contributed by atoms with E-state index in [0.29, 0.717) is 5.02 Å². The highest BCUT2D eigenvalue weighted by Crippen LogP contribution is 2.21. The van der Waals surface area contributed by atoms with E-state index in [9.17, 15) is 4.79 Å². The second-order valence-electron chi connectivity index (χ2n) is 4.30. The molecule has 0 saturated heterocycles. The summed E-state index contributed by atoms with van der Waals surface area (Å²) in [6.07, 6.45) is 0. The molecule has 0 aliphatic rings. The second kappa shape index (κ2) is 5.76. The summed E-state index contributed by atoms with van der Waals surface area (Å²) in [4.78, 5) is 10.9. The van der Waals surface area contributed by atoms with Gasteiger partial charge in [0, 0.05) is 16.8 Å². The normalized spacial score (nSPS) is 11.9. The summed E-state index contributed by atoms with van der Waals surface area (Å²) in [6, 6.07) is 14.4. The highest BCUT2D eigenvalue weighted by Gasteiger charge is 2.07. The Kier molecular flexibility index (Phi) is 4.07. The molecule has 19 heavy (non-hydrogen) atoms. The molecule has 2 rings (SSSR count). The molecule has 4 heteroatoms. The molecule has 0 fully saturated rings. The van der Waals surface area contributed by atoms with Crippen molar-refractivity contribution in [1.29, 1.82) is 0 Å². The molecule has 0 heterocycles. The topological polar surface area (TPSA) is 49.3 Å². The highest BCUT2D eigenvalue weighted by atomic mass is 35.5. The lowest BCUT2D eigenvalue weighted by Gasteiger charge is -2.16. The first-order chi connectivity index (χ1) is 9.06. The van der Waals surface area contributed by atoms with E-state index in [1.54, 1.807) is 18.2 Å². The molecule has 2 aromatic rings. The molecule has 2 aromatic carbocycles. The smallest absolute Gasteiger partial charge is 0.335 e. The maximum atomic E-state index is 10.9. The predicted octanol–water partition coefficient (Wildman–Crippen LogP) is 4.21. The molecule has 0 aromatic heterocycles. The first-order valence-corrected chi connectivity index (χ1v) is 6.29. The van der Waals surface area contributed by atoms with E-state index in [0.717, 1.165) is 11.3 Å². The van der Waals surface area contributed by atoms with Gasteiger partial charge in [-0.15, -0.1) is 0 Å². The number of rotatable bonds is 4. The van der Waals surface area contributed by atoms with Crippen LogP contribution in [0.1, 0.15) is 28.9 Å². The van der Waals surface area contributed by atoms with E-state index in [1.165, 1.54) is 0 Å². The van der Waals surface area contributed by atoms with Gasteiger partial charge in [-0.3, -0.25) is 0 Å². The molecule has 1 atom stereocenters. The van der Waals surface area contributed by atoms with Crippen molar-refractivity contribution in [2.75, 3.05) is 5.32 Å². The van der Waals surface area contributed by atoms with Gasteiger partial charge < -0.3 is 10.4 Å². The lowest BCUT2D eigenvalue weighted by Crippen LogP contribution is -2.07. The van der Waals surface area contributed by atoms with Crippen LogP contribution in [0.2, 0.25) is 5.02 Å². The summed E-state index contributed by atoms with van der Waals surface area (Å²) in [5.41, 5.74) is 2.14. The monoisotopic (exact) mass is 275 g/mol. The van der Waals surface area contributed by atoms with E-state index < -0.39 is 5.97 Å². The Morgan fingerprint density at radius 2 is 1.89 bits per heavy atom. The van der Waals surface area contributed by atoms with E-state index in [4.69, 9.17) is 16.7 Å². The van der Waals surface area contributed by atoms with Crippen LogP contribution in [-0.4, -0.2) is 11.1 Å². The molecule has 0 radical (unpaired) electrons. The molecule has 3 nitrogen and oxygen atoms in total. The fourth-order valence-corrected chi connectivity index (χ4v) is 1.95. The van der Waals surface area contributed by atoms with Gasteiger partial charge in [0.2, 0.25) is 0 Å². The van der Waals surface area contributed by atoms with E-state index >= 15 is 0 Å². The molecule has 0 bridgehead atoms. The van der Waals surface area contributed by atoms with Gasteiger partial charge in [0.25, 0.3) is 0 Å². The van der Waals surface area contributed by atoms with Crippen LogP contribution in [0, 0.1) is 0 Å². The van der Waals surface area contributed by atoms with Crippen molar-refractivity contribution in [2.24, 2.45) is 0 Å². The molecule has 0 spiro atoms. The van der Waals surface area contributed by atoms with Gasteiger partial charge in [-0.25, -0.2) is 4.79 Å². The molecule has 1 unspecified atom stereocenters. The zero-order chi connectivity index (χ0) is 13.8. The van der Waals surface area contributed by atoms with Crippen LogP contribution >= 0.6 is 11.6 Å². The van der Waals surface area contributed by atoms with Crippen molar-refractivity contribution in [3.05, 3.63) is 64.7 Å². The van der Waals surface area contributed by atoms with Crippen LogP contribution in [-0.2, 0) is 0 Å². The third-order valence-corrected chi connectivity index (χ3v) is 3.11. The van der Waals surface area contributed by atoms with Gasteiger partial charge in [-0.2, -0.15) is 0 Å². The number of anilines is 1. The van der Waals surface area contributed by atoms with Crippen molar-refractivity contribution >= 4 is 23.3 Å². The minimum absolute atomic E-state index is 0.0707. The average Bonchev–Trinajstić information content (AvgIpc) is 2.39. The Morgan fingerprint density at radius 3 is 2.53 bits per heavy atom. The van der Waals surface area contributed by atoms with E-state index in [1.807, 2.05) is 37.3 Å².